The smallest absolute Gasteiger partial charge is 0.265 e. The summed E-state index contributed by atoms with van der Waals surface area (Å²) >= 11 is 1.22. The van der Waals surface area contributed by atoms with E-state index in [9.17, 15) is 18.8 Å². The van der Waals surface area contributed by atoms with Crippen molar-refractivity contribution in [1.29, 1.82) is 0 Å². The van der Waals surface area contributed by atoms with Crippen molar-refractivity contribution in [2.75, 3.05) is 7.05 Å². The first-order valence-electron chi connectivity index (χ1n) is 13.8. The Labute approximate surface area is 243 Å². The van der Waals surface area contributed by atoms with E-state index in [-0.39, 0.29) is 35.6 Å². The Kier molecular flexibility index (Phi) is 7.95. The van der Waals surface area contributed by atoms with Crippen LogP contribution in [-0.2, 0) is 17.8 Å². The van der Waals surface area contributed by atoms with Gasteiger partial charge in [-0.15, -0.1) is 11.3 Å². The van der Waals surface area contributed by atoms with Gasteiger partial charge in [0.15, 0.2) is 0 Å². The molecule has 0 saturated carbocycles. The largest absolute Gasteiger partial charge is 0.357 e. The van der Waals surface area contributed by atoms with Crippen LogP contribution in [0, 0.1) is 5.82 Å². The summed E-state index contributed by atoms with van der Waals surface area (Å²) in [4.78, 5) is 44.4. The third-order valence-electron chi connectivity index (χ3n) is 7.67. The van der Waals surface area contributed by atoms with Gasteiger partial charge in [-0.3, -0.25) is 14.4 Å². The second-order valence-electron chi connectivity index (χ2n) is 11.0. The lowest BCUT2D eigenvalue weighted by Crippen LogP contribution is -2.51. The summed E-state index contributed by atoms with van der Waals surface area (Å²) in [5.74, 6) is -0.960. The molecule has 3 aromatic carbocycles. The molecule has 0 aliphatic carbocycles. The van der Waals surface area contributed by atoms with Crippen molar-refractivity contribution in [2.45, 2.75) is 58.8 Å². The van der Waals surface area contributed by atoms with Crippen molar-refractivity contribution >= 4 is 39.1 Å². The summed E-state index contributed by atoms with van der Waals surface area (Å²) in [6, 6.07) is 19.0. The van der Waals surface area contributed by atoms with Crippen molar-refractivity contribution in [3.8, 4) is 11.1 Å². The number of benzene rings is 3. The highest BCUT2D eigenvalue weighted by Crippen LogP contribution is 2.41. The van der Waals surface area contributed by atoms with Crippen LogP contribution in [-0.4, -0.2) is 52.7 Å². The van der Waals surface area contributed by atoms with Gasteiger partial charge in [-0.25, -0.2) is 4.39 Å². The maximum absolute atomic E-state index is 14.3. The number of thiophene rings is 1. The molecule has 1 atom stereocenters. The predicted molar refractivity (Wildman–Crippen MR) is 162 cm³/mol. The molecule has 212 valence electrons. The number of fused-ring (bicyclic) bond motifs is 2. The van der Waals surface area contributed by atoms with Gasteiger partial charge >= 0.3 is 0 Å². The zero-order valence-corrected chi connectivity index (χ0v) is 24.7. The maximum Gasteiger partial charge on any atom is 0.265 e. The normalized spacial score (nSPS) is 14.8. The molecule has 6 nitrogen and oxygen atoms in total. The summed E-state index contributed by atoms with van der Waals surface area (Å²) in [5.41, 5.74) is 4.02. The molecule has 3 amide bonds. The number of nitrogens with zero attached hydrogens (tertiary/aromatic N) is 2. The van der Waals surface area contributed by atoms with E-state index in [0.29, 0.717) is 33.7 Å². The van der Waals surface area contributed by atoms with E-state index in [4.69, 9.17) is 0 Å². The molecule has 0 saturated heterocycles. The second-order valence-corrected chi connectivity index (χ2v) is 12.0. The van der Waals surface area contributed by atoms with E-state index < -0.39 is 6.04 Å². The number of hydrogen-bond acceptors (Lipinski definition) is 4. The van der Waals surface area contributed by atoms with Gasteiger partial charge in [-0.05, 0) is 74.7 Å². The highest BCUT2D eigenvalue weighted by Gasteiger charge is 2.36. The molecule has 1 aliphatic heterocycles. The van der Waals surface area contributed by atoms with Crippen molar-refractivity contribution in [3.05, 3.63) is 94.1 Å². The molecule has 41 heavy (non-hydrogen) atoms. The zero-order chi connectivity index (χ0) is 29.4. The van der Waals surface area contributed by atoms with Crippen LogP contribution in [0.5, 0.6) is 0 Å². The van der Waals surface area contributed by atoms with Gasteiger partial charge in [0.05, 0.1) is 0 Å². The summed E-state index contributed by atoms with van der Waals surface area (Å²) in [5, 5.41) is 3.46. The van der Waals surface area contributed by atoms with Gasteiger partial charge in [0.2, 0.25) is 5.91 Å². The van der Waals surface area contributed by atoms with E-state index >= 15 is 0 Å². The number of halogens is 1. The first-order chi connectivity index (χ1) is 19.6. The topological polar surface area (TPSA) is 69.7 Å². The van der Waals surface area contributed by atoms with Crippen LogP contribution < -0.4 is 5.32 Å². The number of carbonyl (C=O) groups excluding carboxylic acids is 3. The van der Waals surface area contributed by atoms with Crippen molar-refractivity contribution in [2.24, 2.45) is 0 Å². The maximum atomic E-state index is 14.3. The monoisotopic (exact) mass is 571 g/mol. The minimum Gasteiger partial charge on any atom is -0.357 e. The van der Waals surface area contributed by atoms with Crippen LogP contribution in [0.25, 0.3) is 21.2 Å². The fraction of sp³-hybridized carbons (Fsp3) is 0.303. The Morgan fingerprint density at radius 2 is 1.61 bits per heavy atom. The predicted octanol–water partition coefficient (Wildman–Crippen LogP) is 6.28. The molecule has 2 heterocycles. The van der Waals surface area contributed by atoms with Gasteiger partial charge in [-0.2, -0.15) is 0 Å². The van der Waals surface area contributed by atoms with E-state index in [0.717, 1.165) is 22.1 Å². The van der Waals surface area contributed by atoms with E-state index in [2.05, 4.69) is 5.32 Å². The third kappa shape index (κ3) is 5.36. The zero-order valence-electron chi connectivity index (χ0n) is 23.9. The molecule has 8 heteroatoms. The SMILES string of the molecule is CNC(=O)[C@@H]1Cc2ccccc2CN1C(=O)c1sc2cc(F)ccc2c1-c1ccc(C(=O)N(C(C)C)C(C)C)cc1. The molecular weight excluding hydrogens is 537 g/mol. The lowest BCUT2D eigenvalue weighted by Gasteiger charge is -2.35. The van der Waals surface area contributed by atoms with Crippen LogP contribution >= 0.6 is 11.3 Å². The van der Waals surface area contributed by atoms with E-state index in [1.54, 1.807) is 30.1 Å². The lowest BCUT2D eigenvalue weighted by atomic mass is 9.92. The Hall–Kier alpha value is -4.04. The molecule has 1 N–H and O–H groups in total. The number of nitrogens with one attached hydrogen (secondary N) is 1. The molecule has 1 aromatic heterocycles. The molecule has 1 aliphatic rings. The fourth-order valence-electron chi connectivity index (χ4n) is 5.77. The standard InChI is InChI=1S/C33H34FN3O3S/c1-19(2)37(20(3)4)32(39)22-12-10-21(11-13-22)29-26-15-14-25(34)17-28(26)41-30(29)33(40)36-18-24-9-7-6-8-23(24)16-27(36)31(38)35-5/h6-15,17,19-20,27H,16,18H2,1-5H3,(H,35,38)/t27-/m0/s1. The number of amides is 3. The second kappa shape index (κ2) is 11.4. The van der Waals surface area contributed by atoms with Gasteiger partial charge < -0.3 is 15.1 Å². The number of carbonyl (C=O) groups is 3. The number of hydrogen-bond donors (Lipinski definition) is 1. The molecule has 0 unspecified atom stereocenters. The third-order valence-corrected chi connectivity index (χ3v) is 8.81. The van der Waals surface area contributed by atoms with Crippen LogP contribution in [0.1, 0.15) is 58.9 Å². The molecule has 0 fully saturated rings. The number of rotatable bonds is 6. The van der Waals surface area contributed by atoms with Gasteiger partial charge in [0.25, 0.3) is 11.8 Å². The van der Waals surface area contributed by atoms with Crippen molar-refractivity contribution in [1.82, 2.24) is 15.1 Å². The molecule has 5 rings (SSSR count). The first-order valence-corrected chi connectivity index (χ1v) is 14.7. The molecule has 0 bridgehead atoms. The van der Waals surface area contributed by atoms with Gasteiger partial charge in [0.1, 0.15) is 16.7 Å². The summed E-state index contributed by atoms with van der Waals surface area (Å²) in [6.07, 6.45) is 0.412. The highest BCUT2D eigenvalue weighted by atomic mass is 32.1. The summed E-state index contributed by atoms with van der Waals surface area (Å²) in [7, 11) is 1.57. The lowest BCUT2D eigenvalue weighted by molar-refractivity contribution is -0.125. The van der Waals surface area contributed by atoms with Crippen LogP contribution in [0.3, 0.4) is 0 Å². The molecular formula is C33H34FN3O3S. The van der Waals surface area contributed by atoms with Crippen LogP contribution in [0.4, 0.5) is 4.39 Å². The minimum atomic E-state index is -0.671. The summed E-state index contributed by atoms with van der Waals surface area (Å²) in [6.45, 7) is 8.26. The first kappa shape index (κ1) is 28.5. The molecule has 0 spiro atoms. The fourth-order valence-corrected chi connectivity index (χ4v) is 6.98. The minimum absolute atomic E-state index is 0.0463. The molecule has 0 radical (unpaired) electrons. The van der Waals surface area contributed by atoms with Crippen LogP contribution in [0.2, 0.25) is 0 Å². The average molecular weight is 572 g/mol. The quantitative estimate of drug-likeness (QED) is 0.296. The van der Waals surface area contributed by atoms with Gasteiger partial charge in [-0.1, -0.05) is 36.4 Å². The van der Waals surface area contributed by atoms with Crippen LogP contribution in [0.15, 0.2) is 66.7 Å². The summed E-state index contributed by atoms with van der Waals surface area (Å²) < 4.78 is 14.9. The Morgan fingerprint density at radius 3 is 2.24 bits per heavy atom. The highest BCUT2D eigenvalue weighted by molar-refractivity contribution is 7.21. The van der Waals surface area contributed by atoms with Gasteiger partial charge in [0, 0.05) is 53.3 Å². The van der Waals surface area contributed by atoms with E-state index in [1.807, 2.05) is 69.0 Å². The number of likely N-dealkylation sites (N-methyl/N-ethyl adjacent to an activating group) is 1. The molecule has 4 aromatic rings. The van der Waals surface area contributed by atoms with Crippen molar-refractivity contribution < 1.29 is 18.8 Å². The Morgan fingerprint density at radius 1 is 0.951 bits per heavy atom. The average Bonchev–Trinajstić information content (AvgIpc) is 3.33. The Bertz CT molecular complexity index is 1620. The van der Waals surface area contributed by atoms with Crippen molar-refractivity contribution in [3.63, 3.8) is 0 Å². The Balaban J connectivity index is 1.59. The van der Waals surface area contributed by atoms with E-state index in [1.165, 1.54) is 23.5 Å².